The van der Waals surface area contributed by atoms with Crippen LogP contribution in [0, 0.1) is 13.8 Å². The monoisotopic (exact) mass is 277 g/mol. The Morgan fingerprint density at radius 3 is 1.86 bits per heavy atom. The van der Waals surface area contributed by atoms with Crippen molar-refractivity contribution in [3.63, 3.8) is 0 Å². The molecule has 2 nitrogen and oxygen atoms in total. The number of benzene rings is 2. The highest BCUT2D eigenvalue weighted by Crippen LogP contribution is 2.35. The van der Waals surface area contributed by atoms with Gasteiger partial charge in [0.1, 0.15) is 11.5 Å². The summed E-state index contributed by atoms with van der Waals surface area (Å²) in [7, 11) is 0. The third-order valence-corrected chi connectivity index (χ3v) is 3.75. The highest BCUT2D eigenvalue weighted by molar-refractivity contribution is 5.82. The molecule has 0 unspecified atom stereocenters. The molecule has 0 aliphatic heterocycles. The van der Waals surface area contributed by atoms with E-state index in [2.05, 4.69) is 74.5 Å². The van der Waals surface area contributed by atoms with Gasteiger partial charge in [-0.25, -0.2) is 0 Å². The van der Waals surface area contributed by atoms with Crippen molar-refractivity contribution in [2.45, 2.75) is 27.2 Å². The fourth-order valence-electron chi connectivity index (χ4n) is 2.49. The van der Waals surface area contributed by atoms with Gasteiger partial charge in [-0.15, -0.1) is 0 Å². The molecule has 21 heavy (non-hydrogen) atoms. The van der Waals surface area contributed by atoms with E-state index in [4.69, 9.17) is 4.52 Å². The van der Waals surface area contributed by atoms with E-state index in [1.807, 2.05) is 0 Å². The summed E-state index contributed by atoms with van der Waals surface area (Å²) in [4.78, 5) is 0. The van der Waals surface area contributed by atoms with E-state index in [0.717, 1.165) is 34.6 Å². The van der Waals surface area contributed by atoms with Gasteiger partial charge in [0.05, 0.1) is 5.56 Å². The fraction of sp³-hybridized carbons (Fsp3) is 0.211. The molecule has 1 heterocycles. The van der Waals surface area contributed by atoms with Gasteiger partial charge in [-0.1, -0.05) is 71.7 Å². The maximum Gasteiger partial charge on any atom is 0.144 e. The van der Waals surface area contributed by atoms with Crippen LogP contribution in [-0.2, 0) is 6.42 Å². The lowest BCUT2D eigenvalue weighted by molar-refractivity contribution is 0.389. The maximum absolute atomic E-state index is 5.56. The Morgan fingerprint density at radius 1 is 0.810 bits per heavy atom. The second kappa shape index (κ2) is 5.57. The molecule has 0 N–H and O–H groups in total. The van der Waals surface area contributed by atoms with Crippen molar-refractivity contribution < 1.29 is 4.52 Å². The minimum absolute atomic E-state index is 0.835. The van der Waals surface area contributed by atoms with Gasteiger partial charge in [-0.3, -0.25) is 0 Å². The van der Waals surface area contributed by atoms with Gasteiger partial charge in [0.2, 0.25) is 0 Å². The molecule has 0 amide bonds. The van der Waals surface area contributed by atoms with Crippen LogP contribution in [0.4, 0.5) is 0 Å². The predicted octanol–water partition coefficient (Wildman–Crippen LogP) is 5.19. The van der Waals surface area contributed by atoms with Gasteiger partial charge >= 0.3 is 0 Å². The van der Waals surface area contributed by atoms with Crippen LogP contribution in [0.25, 0.3) is 22.4 Å². The summed E-state index contributed by atoms with van der Waals surface area (Å²) < 4.78 is 5.56. The molecule has 2 heteroatoms. The number of hydrogen-bond donors (Lipinski definition) is 0. The van der Waals surface area contributed by atoms with Crippen LogP contribution < -0.4 is 0 Å². The lowest BCUT2D eigenvalue weighted by atomic mass is 9.97. The van der Waals surface area contributed by atoms with E-state index in [9.17, 15) is 0 Å². The normalized spacial score (nSPS) is 10.8. The van der Waals surface area contributed by atoms with Crippen LogP contribution in [0.2, 0.25) is 0 Å². The summed E-state index contributed by atoms with van der Waals surface area (Å²) in [5.74, 6) is 0.939. The molecule has 0 atom stereocenters. The first-order valence-electron chi connectivity index (χ1n) is 7.31. The number of hydrogen-bond acceptors (Lipinski definition) is 2. The molecule has 0 spiro atoms. The van der Waals surface area contributed by atoms with Crippen LogP contribution in [0.5, 0.6) is 0 Å². The summed E-state index contributed by atoms with van der Waals surface area (Å²) in [6.45, 7) is 6.28. The zero-order valence-electron chi connectivity index (χ0n) is 12.7. The largest absolute Gasteiger partial charge is 0.360 e. The first-order chi connectivity index (χ1) is 10.2. The Kier molecular flexibility index (Phi) is 3.61. The summed E-state index contributed by atoms with van der Waals surface area (Å²) in [5, 5.41) is 4.31. The summed E-state index contributed by atoms with van der Waals surface area (Å²) >= 11 is 0. The molecule has 0 aliphatic rings. The molecule has 3 rings (SSSR count). The van der Waals surface area contributed by atoms with Crippen LogP contribution >= 0.6 is 0 Å². The van der Waals surface area contributed by atoms with E-state index < -0.39 is 0 Å². The van der Waals surface area contributed by atoms with E-state index in [0.29, 0.717) is 0 Å². The minimum atomic E-state index is 0.835. The van der Waals surface area contributed by atoms with Gasteiger partial charge in [-0.2, -0.15) is 0 Å². The molecule has 106 valence electrons. The maximum atomic E-state index is 5.56. The van der Waals surface area contributed by atoms with Crippen LogP contribution in [-0.4, -0.2) is 5.16 Å². The molecule has 0 saturated heterocycles. The van der Waals surface area contributed by atoms with E-state index in [1.54, 1.807) is 0 Å². The number of rotatable bonds is 3. The van der Waals surface area contributed by atoms with Gasteiger partial charge in [0.25, 0.3) is 0 Å². The SMILES string of the molecule is CCc1onc(-c2ccc(C)cc2)c1-c1ccc(C)cc1. The van der Waals surface area contributed by atoms with E-state index >= 15 is 0 Å². The van der Waals surface area contributed by atoms with Gasteiger partial charge in [0, 0.05) is 12.0 Å². The van der Waals surface area contributed by atoms with E-state index in [-0.39, 0.29) is 0 Å². The third-order valence-electron chi connectivity index (χ3n) is 3.75. The first kappa shape index (κ1) is 13.6. The summed E-state index contributed by atoms with van der Waals surface area (Å²) in [6, 6.07) is 16.9. The fourth-order valence-corrected chi connectivity index (χ4v) is 2.49. The van der Waals surface area contributed by atoms with Crippen molar-refractivity contribution >= 4 is 0 Å². The Bertz CT molecular complexity index is 736. The Hall–Kier alpha value is -2.35. The molecule has 0 fully saturated rings. The van der Waals surface area contributed by atoms with Crippen LogP contribution in [0.3, 0.4) is 0 Å². The first-order valence-corrected chi connectivity index (χ1v) is 7.31. The van der Waals surface area contributed by atoms with Crippen molar-refractivity contribution in [1.82, 2.24) is 5.16 Å². The average Bonchev–Trinajstić information content (AvgIpc) is 2.93. The standard InChI is InChI=1S/C19H19NO/c1-4-17-18(15-9-5-13(2)6-10-15)19(20-21-17)16-11-7-14(3)8-12-16/h5-12H,4H2,1-3H3. The number of nitrogens with zero attached hydrogens (tertiary/aromatic N) is 1. The smallest absolute Gasteiger partial charge is 0.144 e. The van der Waals surface area contributed by atoms with Crippen molar-refractivity contribution in [3.05, 3.63) is 65.4 Å². The topological polar surface area (TPSA) is 26.0 Å². The molecule has 3 aromatic rings. The Morgan fingerprint density at radius 2 is 1.33 bits per heavy atom. The Balaban J connectivity index is 2.16. The van der Waals surface area contributed by atoms with Crippen molar-refractivity contribution in [1.29, 1.82) is 0 Å². The molecular formula is C19H19NO. The van der Waals surface area contributed by atoms with Gasteiger partial charge in [-0.05, 0) is 19.4 Å². The van der Waals surface area contributed by atoms with Gasteiger partial charge < -0.3 is 4.52 Å². The van der Waals surface area contributed by atoms with Crippen molar-refractivity contribution in [3.8, 4) is 22.4 Å². The second-order valence-electron chi connectivity index (χ2n) is 5.41. The quantitative estimate of drug-likeness (QED) is 0.658. The van der Waals surface area contributed by atoms with Crippen molar-refractivity contribution in [2.24, 2.45) is 0 Å². The van der Waals surface area contributed by atoms with Crippen molar-refractivity contribution in [2.75, 3.05) is 0 Å². The molecule has 1 aromatic heterocycles. The zero-order valence-corrected chi connectivity index (χ0v) is 12.7. The predicted molar refractivity (Wildman–Crippen MR) is 86.2 cm³/mol. The number of aromatic nitrogens is 1. The van der Waals surface area contributed by atoms with E-state index in [1.165, 1.54) is 11.1 Å². The molecule has 0 saturated carbocycles. The van der Waals surface area contributed by atoms with Gasteiger partial charge in [0.15, 0.2) is 0 Å². The molecule has 0 bridgehead atoms. The second-order valence-corrected chi connectivity index (χ2v) is 5.41. The van der Waals surface area contributed by atoms with Crippen LogP contribution in [0.15, 0.2) is 53.1 Å². The number of aryl methyl sites for hydroxylation is 3. The average molecular weight is 277 g/mol. The third kappa shape index (κ3) is 2.62. The lowest BCUT2D eigenvalue weighted by Gasteiger charge is -2.05. The lowest BCUT2D eigenvalue weighted by Crippen LogP contribution is -1.87. The summed E-state index contributed by atoms with van der Waals surface area (Å²) in [6.07, 6.45) is 0.835. The molecule has 0 aliphatic carbocycles. The summed E-state index contributed by atoms with van der Waals surface area (Å²) in [5.41, 5.74) is 6.80. The molecule has 0 radical (unpaired) electrons. The zero-order chi connectivity index (χ0) is 14.8. The highest BCUT2D eigenvalue weighted by atomic mass is 16.5. The molecular weight excluding hydrogens is 258 g/mol. The molecule has 2 aromatic carbocycles. The van der Waals surface area contributed by atoms with Crippen LogP contribution in [0.1, 0.15) is 23.8 Å². The highest BCUT2D eigenvalue weighted by Gasteiger charge is 2.17. The minimum Gasteiger partial charge on any atom is -0.360 e. The Labute approximate surface area is 125 Å².